The molecule has 0 unspecified atom stereocenters. The van der Waals surface area contributed by atoms with Gasteiger partial charge in [-0.05, 0) is 0 Å². The van der Waals surface area contributed by atoms with E-state index in [-0.39, 0.29) is 0 Å². The molecule has 0 aliphatic heterocycles. The van der Waals surface area contributed by atoms with Crippen molar-refractivity contribution < 1.29 is 0 Å². The predicted octanol–water partition coefficient (Wildman–Crippen LogP) is 4.52. The molecule has 0 aliphatic carbocycles. The van der Waals surface area contributed by atoms with E-state index in [9.17, 15) is 0 Å². The minimum absolute atomic E-state index is 0.429. The summed E-state index contributed by atoms with van der Waals surface area (Å²) in [6.45, 7) is 6.89. The second kappa shape index (κ2) is 10.3. The third-order valence-corrected chi connectivity index (χ3v) is 20.5. The van der Waals surface area contributed by atoms with E-state index in [4.69, 9.17) is 10.7 Å². The molecule has 0 spiro atoms. The van der Waals surface area contributed by atoms with Gasteiger partial charge >= 0.3 is 163 Å². The van der Waals surface area contributed by atoms with E-state index in [1.165, 1.54) is 61.1 Å². The van der Waals surface area contributed by atoms with E-state index in [1.807, 2.05) is 24.1 Å². The van der Waals surface area contributed by atoms with Crippen molar-refractivity contribution in [2.24, 2.45) is 7.05 Å². The first kappa shape index (κ1) is 21.2. The average Bonchev–Trinajstić information content (AvgIpc) is 3.07. The van der Waals surface area contributed by atoms with Gasteiger partial charge < -0.3 is 0 Å². The van der Waals surface area contributed by atoms with Crippen molar-refractivity contribution in [3.05, 3.63) is 18.6 Å². The van der Waals surface area contributed by atoms with Crippen LogP contribution in [-0.4, -0.2) is 38.1 Å². The molecule has 0 bridgehead atoms. The molecule has 2 heterocycles. The molecule has 6 heteroatoms. The van der Waals surface area contributed by atoms with Crippen molar-refractivity contribution >= 4 is 28.0 Å². The van der Waals surface area contributed by atoms with Crippen LogP contribution in [0.3, 0.4) is 0 Å². The summed E-state index contributed by atoms with van der Waals surface area (Å²) < 4.78 is 7.31. The second-order valence-electron chi connectivity index (χ2n) is 7.48. The molecule has 5 nitrogen and oxygen atoms in total. The number of hydrogen-bond donors (Lipinski definition) is 1. The summed E-state index contributed by atoms with van der Waals surface area (Å²) in [5, 5.41) is 4.38. The quantitative estimate of drug-likeness (QED) is 0.497. The van der Waals surface area contributed by atoms with Crippen molar-refractivity contribution in [1.82, 2.24) is 19.7 Å². The van der Waals surface area contributed by atoms with E-state index in [2.05, 4.69) is 37.1 Å². The zero-order chi connectivity index (χ0) is 19.0. The van der Waals surface area contributed by atoms with Crippen LogP contribution >= 0.6 is 0 Å². The molecule has 0 saturated carbocycles. The molecule has 0 amide bonds. The third-order valence-electron chi connectivity index (χ3n) is 5.35. The van der Waals surface area contributed by atoms with Crippen molar-refractivity contribution in [2.75, 3.05) is 5.73 Å². The molecule has 0 atom stereocenters. The number of hydrogen-bond acceptors (Lipinski definition) is 4. The van der Waals surface area contributed by atoms with Gasteiger partial charge in [0, 0.05) is 0 Å². The molecule has 144 valence electrons. The van der Waals surface area contributed by atoms with E-state index in [0.717, 1.165) is 5.56 Å². The summed E-state index contributed by atoms with van der Waals surface area (Å²) in [4.78, 5) is 9.26. The molecule has 0 radical (unpaired) electrons. The predicted molar refractivity (Wildman–Crippen MR) is 113 cm³/mol. The number of nitrogen functional groups attached to an aromatic ring is 1. The number of anilines is 1. The molecular weight excluding hydrogens is 429 g/mol. The zero-order valence-corrected chi connectivity index (χ0v) is 19.8. The Hall–Kier alpha value is -1.11. The Morgan fingerprint density at radius 2 is 1.54 bits per heavy atom. The maximum atomic E-state index is 6.08. The number of aryl methyl sites for hydroxylation is 1. The summed E-state index contributed by atoms with van der Waals surface area (Å²) in [6.07, 6.45) is 13.6. The van der Waals surface area contributed by atoms with Crippen LogP contribution in [0.1, 0.15) is 59.3 Å². The zero-order valence-electron chi connectivity index (χ0n) is 17.0. The Labute approximate surface area is 162 Å². The summed E-state index contributed by atoms with van der Waals surface area (Å²) in [7, 11) is 1.96. The average molecular weight is 464 g/mol. The van der Waals surface area contributed by atoms with Gasteiger partial charge in [0.25, 0.3) is 0 Å². The van der Waals surface area contributed by atoms with Gasteiger partial charge in [-0.1, -0.05) is 0 Å². The van der Waals surface area contributed by atoms with E-state index >= 15 is 0 Å². The third kappa shape index (κ3) is 5.21. The first-order valence-electron chi connectivity index (χ1n) is 10.2. The van der Waals surface area contributed by atoms with Gasteiger partial charge in [-0.3, -0.25) is 0 Å². The summed E-state index contributed by atoms with van der Waals surface area (Å²) in [5.74, 6) is 0.429. The van der Waals surface area contributed by atoms with Crippen molar-refractivity contribution in [1.29, 1.82) is 0 Å². The normalized spacial score (nSPS) is 11.8. The second-order valence-corrected chi connectivity index (χ2v) is 20.4. The van der Waals surface area contributed by atoms with Gasteiger partial charge in [-0.15, -0.1) is 0 Å². The molecular formula is C20H35N5Sn. The summed E-state index contributed by atoms with van der Waals surface area (Å²) >= 11 is -2.69. The first-order valence-corrected chi connectivity index (χ1v) is 17.7. The van der Waals surface area contributed by atoms with Crippen molar-refractivity contribution in [3.8, 4) is 11.1 Å². The van der Waals surface area contributed by atoms with E-state index in [0.29, 0.717) is 5.95 Å². The fourth-order valence-electron chi connectivity index (χ4n) is 3.85. The maximum absolute atomic E-state index is 6.08. The molecule has 2 aromatic heterocycles. The molecule has 2 N–H and O–H groups in total. The van der Waals surface area contributed by atoms with Crippen LogP contribution in [0.5, 0.6) is 0 Å². The van der Waals surface area contributed by atoms with E-state index < -0.39 is 18.4 Å². The summed E-state index contributed by atoms with van der Waals surface area (Å²) in [5.41, 5.74) is 8.40. The standard InChI is InChI=1S/C8H8N5.3C4H9.Sn/c1-13-5-7(4-12-13)6-2-10-8(9)11-3-6;3*1-3-4-2;/h2,4-5H,1H3,(H2,9,10,11);3*1,3-4H2,2H3;. The van der Waals surface area contributed by atoms with Crippen LogP contribution in [0.2, 0.25) is 13.3 Å². The number of aromatic nitrogens is 4. The van der Waals surface area contributed by atoms with Crippen LogP contribution in [0.15, 0.2) is 18.6 Å². The fourth-order valence-corrected chi connectivity index (χ4v) is 20.1. The Morgan fingerprint density at radius 1 is 0.962 bits per heavy atom. The molecule has 2 rings (SSSR count). The van der Waals surface area contributed by atoms with E-state index in [1.54, 1.807) is 0 Å². The van der Waals surface area contributed by atoms with Gasteiger partial charge in [0.2, 0.25) is 0 Å². The Morgan fingerprint density at radius 3 is 2.00 bits per heavy atom. The van der Waals surface area contributed by atoms with Crippen LogP contribution < -0.4 is 9.44 Å². The SMILES string of the molecule is CCC[CH2][Sn]([CH2]CCC)([CH2]CCC)[c]1nc(N)ncc1-c1cnn(C)c1. The minimum atomic E-state index is -2.69. The molecule has 0 fully saturated rings. The summed E-state index contributed by atoms with van der Waals surface area (Å²) in [6, 6.07) is 0. The number of rotatable bonds is 11. The molecule has 0 saturated heterocycles. The first-order chi connectivity index (χ1) is 12.6. The van der Waals surface area contributed by atoms with Crippen LogP contribution in [-0.2, 0) is 7.05 Å². The molecule has 0 aromatic carbocycles. The van der Waals surface area contributed by atoms with Crippen molar-refractivity contribution in [2.45, 2.75) is 72.6 Å². The van der Waals surface area contributed by atoms with Gasteiger partial charge in [-0.2, -0.15) is 0 Å². The Kier molecular flexibility index (Phi) is 8.38. The molecule has 2 aromatic rings. The molecule has 26 heavy (non-hydrogen) atoms. The van der Waals surface area contributed by atoms with Gasteiger partial charge in [0.15, 0.2) is 0 Å². The van der Waals surface area contributed by atoms with Gasteiger partial charge in [0.1, 0.15) is 0 Å². The van der Waals surface area contributed by atoms with Crippen LogP contribution in [0.4, 0.5) is 5.95 Å². The van der Waals surface area contributed by atoms with Crippen molar-refractivity contribution in [3.63, 3.8) is 0 Å². The Balaban J connectivity index is 2.58. The Bertz CT molecular complexity index is 661. The van der Waals surface area contributed by atoms with Crippen LogP contribution in [0, 0.1) is 0 Å². The van der Waals surface area contributed by atoms with Gasteiger partial charge in [0.05, 0.1) is 0 Å². The monoisotopic (exact) mass is 465 g/mol. The van der Waals surface area contributed by atoms with Gasteiger partial charge in [-0.25, -0.2) is 0 Å². The fraction of sp³-hybridized carbons (Fsp3) is 0.650. The van der Waals surface area contributed by atoms with Crippen LogP contribution in [0.25, 0.3) is 11.1 Å². The number of nitrogens with zero attached hydrogens (tertiary/aromatic N) is 4. The molecule has 0 aliphatic rings. The topological polar surface area (TPSA) is 69.6 Å². The number of nitrogens with two attached hydrogens (primary N) is 1. The number of unbranched alkanes of at least 4 members (excludes halogenated alkanes) is 3.